The van der Waals surface area contributed by atoms with E-state index in [2.05, 4.69) is 56.6 Å². The van der Waals surface area contributed by atoms with Crippen LogP contribution in [0.25, 0.3) is 0 Å². The number of nitrogens with one attached hydrogen (secondary N) is 2. The van der Waals surface area contributed by atoms with Crippen molar-refractivity contribution in [3.05, 3.63) is 56.0 Å². The lowest BCUT2D eigenvalue weighted by Crippen LogP contribution is -2.45. The zero-order valence-electron chi connectivity index (χ0n) is 16.8. The lowest BCUT2D eigenvalue weighted by Gasteiger charge is -2.14. The molecule has 0 saturated carbocycles. The number of hydrogen-bond acceptors (Lipinski definition) is 4. The van der Waals surface area contributed by atoms with Crippen LogP contribution in [0.15, 0.2) is 39.3 Å². The maximum atomic E-state index is 11.9. The van der Waals surface area contributed by atoms with Crippen molar-refractivity contribution in [2.24, 2.45) is 0 Å². The molecule has 0 fully saturated rings. The minimum Gasteiger partial charge on any atom is -0.483 e. The molecule has 0 heterocycles. The first-order valence-corrected chi connectivity index (χ1v) is 10.7. The Labute approximate surface area is 187 Å². The molecule has 8 heteroatoms. The fourth-order valence-electron chi connectivity index (χ4n) is 2.61. The summed E-state index contributed by atoms with van der Waals surface area (Å²) in [6, 6.07) is 9.54. The van der Waals surface area contributed by atoms with Crippen molar-refractivity contribution in [2.75, 3.05) is 13.2 Å². The van der Waals surface area contributed by atoms with E-state index in [0.29, 0.717) is 17.4 Å². The summed E-state index contributed by atoms with van der Waals surface area (Å²) < 4.78 is 12.8. The van der Waals surface area contributed by atoms with Gasteiger partial charge in [0.1, 0.15) is 11.5 Å². The first kappa shape index (κ1) is 23.2. The van der Waals surface area contributed by atoms with Gasteiger partial charge in [0.15, 0.2) is 13.2 Å². The number of hydrogen-bond donors (Lipinski definition) is 2. The van der Waals surface area contributed by atoms with Crippen molar-refractivity contribution >= 4 is 43.7 Å². The summed E-state index contributed by atoms with van der Waals surface area (Å²) in [6.45, 7) is 7.55. The Hall–Kier alpha value is -2.06. The molecule has 29 heavy (non-hydrogen) atoms. The van der Waals surface area contributed by atoms with Gasteiger partial charge in [-0.1, -0.05) is 35.8 Å². The van der Waals surface area contributed by atoms with Gasteiger partial charge in [0.25, 0.3) is 11.8 Å². The van der Waals surface area contributed by atoms with Gasteiger partial charge in [-0.15, -0.1) is 0 Å². The molecule has 2 N–H and O–H groups in total. The van der Waals surface area contributed by atoms with E-state index in [4.69, 9.17) is 9.47 Å². The normalized spacial score (nSPS) is 10.6. The van der Waals surface area contributed by atoms with Crippen LogP contribution in [-0.4, -0.2) is 25.0 Å². The Morgan fingerprint density at radius 1 is 0.931 bits per heavy atom. The third kappa shape index (κ3) is 7.04. The summed E-state index contributed by atoms with van der Waals surface area (Å²) in [5, 5.41) is 0. The highest BCUT2D eigenvalue weighted by Crippen LogP contribution is 2.29. The highest BCUT2D eigenvalue weighted by molar-refractivity contribution is 9.10. The highest BCUT2D eigenvalue weighted by Gasteiger charge is 2.11. The monoisotopic (exact) mass is 526 g/mol. The van der Waals surface area contributed by atoms with E-state index in [1.54, 1.807) is 0 Å². The van der Waals surface area contributed by atoms with E-state index in [1.807, 2.05) is 44.2 Å². The third-order valence-corrected chi connectivity index (χ3v) is 5.17. The summed E-state index contributed by atoms with van der Waals surface area (Å²) in [6.07, 6.45) is 0. The van der Waals surface area contributed by atoms with Crippen LogP contribution < -0.4 is 20.3 Å². The van der Waals surface area contributed by atoms with Crippen molar-refractivity contribution in [3.63, 3.8) is 0 Å². The maximum absolute atomic E-state index is 11.9. The number of aryl methyl sites for hydroxylation is 2. The molecule has 0 atom stereocenters. The molecule has 2 rings (SSSR count). The number of carbonyl (C=O) groups excluding carboxylic acids is 2. The quantitative estimate of drug-likeness (QED) is 0.517. The molecule has 0 radical (unpaired) electrons. The highest BCUT2D eigenvalue weighted by atomic mass is 79.9. The fourth-order valence-corrected chi connectivity index (χ4v) is 3.81. The molecule has 6 nitrogen and oxygen atoms in total. The van der Waals surface area contributed by atoms with Gasteiger partial charge < -0.3 is 9.47 Å². The molecule has 156 valence electrons. The maximum Gasteiger partial charge on any atom is 0.276 e. The van der Waals surface area contributed by atoms with Gasteiger partial charge >= 0.3 is 0 Å². The van der Waals surface area contributed by atoms with E-state index in [1.165, 1.54) is 0 Å². The van der Waals surface area contributed by atoms with Crippen LogP contribution in [0, 0.1) is 13.8 Å². The first-order chi connectivity index (χ1) is 13.7. The van der Waals surface area contributed by atoms with Crippen LogP contribution in [0.2, 0.25) is 0 Å². The molecule has 2 amide bonds. The topological polar surface area (TPSA) is 76.7 Å². The number of hydrazine groups is 1. The number of halogens is 2. The SMILES string of the molecule is Cc1cc(Br)cc(C)c1OCC(=O)NNC(=O)COc1ccc(C(C)C)cc1Br. The number of carbonyl (C=O) groups is 2. The van der Waals surface area contributed by atoms with E-state index < -0.39 is 11.8 Å². The number of benzene rings is 2. The Balaban J connectivity index is 1.77. The zero-order chi connectivity index (χ0) is 21.6. The lowest BCUT2D eigenvalue weighted by atomic mass is 10.0. The smallest absolute Gasteiger partial charge is 0.276 e. The van der Waals surface area contributed by atoms with Gasteiger partial charge in [-0.3, -0.25) is 20.4 Å². The molecule has 0 saturated heterocycles. The fraction of sp³-hybridized carbons (Fsp3) is 0.333. The van der Waals surface area contributed by atoms with Crippen LogP contribution >= 0.6 is 31.9 Å². The third-order valence-electron chi connectivity index (χ3n) is 4.10. The van der Waals surface area contributed by atoms with Gasteiger partial charge in [-0.25, -0.2) is 0 Å². The number of rotatable bonds is 7. The van der Waals surface area contributed by atoms with Crippen LogP contribution in [0.1, 0.15) is 36.5 Å². The van der Waals surface area contributed by atoms with Gasteiger partial charge in [-0.2, -0.15) is 0 Å². The molecule has 0 bridgehead atoms. The van der Waals surface area contributed by atoms with Crippen LogP contribution in [0.3, 0.4) is 0 Å². The Morgan fingerprint density at radius 2 is 1.48 bits per heavy atom. The molecule has 0 aliphatic rings. The molecule has 0 aliphatic heterocycles. The molecule has 0 spiro atoms. The summed E-state index contributed by atoms with van der Waals surface area (Å²) >= 11 is 6.86. The minimum absolute atomic E-state index is 0.216. The van der Waals surface area contributed by atoms with Crippen molar-refractivity contribution in [2.45, 2.75) is 33.6 Å². The molecule has 0 unspecified atom stereocenters. The van der Waals surface area contributed by atoms with E-state index in [0.717, 1.165) is 25.6 Å². The Kier molecular flexibility index (Phi) is 8.52. The summed E-state index contributed by atoms with van der Waals surface area (Å²) in [5.41, 5.74) is 7.61. The van der Waals surface area contributed by atoms with Crippen molar-refractivity contribution in [1.82, 2.24) is 10.9 Å². The van der Waals surface area contributed by atoms with Crippen LogP contribution in [0.4, 0.5) is 0 Å². The molecule has 2 aromatic carbocycles. The van der Waals surface area contributed by atoms with Gasteiger partial charge in [-0.05, 0) is 76.7 Å². The second-order valence-electron chi connectivity index (χ2n) is 6.89. The molecule has 0 aliphatic carbocycles. The lowest BCUT2D eigenvalue weighted by molar-refractivity contribution is -0.131. The number of amides is 2. The summed E-state index contributed by atoms with van der Waals surface area (Å²) in [7, 11) is 0. The van der Waals surface area contributed by atoms with Crippen molar-refractivity contribution in [3.8, 4) is 11.5 Å². The van der Waals surface area contributed by atoms with Gasteiger partial charge in [0.2, 0.25) is 0 Å². The predicted molar refractivity (Wildman–Crippen MR) is 119 cm³/mol. The van der Waals surface area contributed by atoms with Crippen molar-refractivity contribution < 1.29 is 19.1 Å². The van der Waals surface area contributed by atoms with Crippen LogP contribution in [0.5, 0.6) is 11.5 Å². The van der Waals surface area contributed by atoms with E-state index >= 15 is 0 Å². The Morgan fingerprint density at radius 3 is 2.00 bits per heavy atom. The minimum atomic E-state index is -0.478. The van der Waals surface area contributed by atoms with E-state index in [9.17, 15) is 9.59 Å². The van der Waals surface area contributed by atoms with Crippen LogP contribution in [-0.2, 0) is 9.59 Å². The average Bonchev–Trinajstić information content (AvgIpc) is 2.64. The second-order valence-corrected chi connectivity index (χ2v) is 8.66. The molecule has 0 aromatic heterocycles. The largest absolute Gasteiger partial charge is 0.483 e. The average molecular weight is 528 g/mol. The first-order valence-electron chi connectivity index (χ1n) is 9.07. The predicted octanol–water partition coefficient (Wildman–Crippen LogP) is 4.56. The van der Waals surface area contributed by atoms with Gasteiger partial charge in [0.05, 0.1) is 4.47 Å². The number of ether oxygens (including phenoxy) is 2. The summed E-state index contributed by atoms with van der Waals surface area (Å²) in [5.74, 6) is 0.649. The Bertz CT molecular complexity index is 877. The van der Waals surface area contributed by atoms with Crippen molar-refractivity contribution in [1.29, 1.82) is 0 Å². The standard InChI is InChI=1S/C21H24Br2N2O4/c1-12(2)15-5-6-18(17(23)9-15)28-10-19(26)24-25-20(27)11-29-21-13(3)7-16(22)8-14(21)4/h5-9,12H,10-11H2,1-4H3,(H,24,26)(H,25,27). The van der Waals surface area contributed by atoms with Gasteiger partial charge in [0, 0.05) is 4.47 Å². The molecule has 2 aromatic rings. The molecular formula is C21H24Br2N2O4. The zero-order valence-corrected chi connectivity index (χ0v) is 19.9. The molecular weight excluding hydrogens is 504 g/mol. The second kappa shape index (κ2) is 10.6. The summed E-state index contributed by atoms with van der Waals surface area (Å²) in [4.78, 5) is 23.8. The van der Waals surface area contributed by atoms with E-state index in [-0.39, 0.29) is 13.2 Å².